The van der Waals surface area contributed by atoms with Crippen molar-refractivity contribution in [3.05, 3.63) is 48.2 Å². The van der Waals surface area contributed by atoms with Crippen molar-refractivity contribution in [1.82, 2.24) is 10.6 Å². The van der Waals surface area contributed by atoms with Gasteiger partial charge < -0.3 is 15.4 Å². The molecule has 5 nitrogen and oxygen atoms in total. The van der Waals surface area contributed by atoms with E-state index in [4.69, 9.17) is 4.74 Å². The van der Waals surface area contributed by atoms with E-state index in [9.17, 15) is 9.59 Å². The molecule has 0 aliphatic carbocycles. The minimum absolute atomic E-state index is 0.357. The Morgan fingerprint density at radius 2 is 2.09 bits per heavy atom. The first-order chi connectivity index (χ1) is 10.6. The summed E-state index contributed by atoms with van der Waals surface area (Å²) >= 11 is 1.71. The molecule has 0 unspecified atom stereocenters. The Labute approximate surface area is 134 Å². The standard InChI is InChI=1S/C16H20N2O3S/c1-3-22-10-9-21-15(19)13-11(2)17-16(20)18-14(13)12-7-5-4-6-8-12/h4-8,13-14H,2-3,9-10H2,1H3,(H2,17,18,20)/t13-,14+/m0/s1. The van der Waals surface area contributed by atoms with Crippen molar-refractivity contribution in [1.29, 1.82) is 0 Å². The number of hydrogen-bond acceptors (Lipinski definition) is 4. The SMILES string of the molecule is C=C1NC(=O)N[C@H](c2ccccc2)[C@H]1C(=O)OCCSCC. The highest BCUT2D eigenvalue weighted by Crippen LogP contribution is 2.30. The number of amides is 2. The summed E-state index contributed by atoms with van der Waals surface area (Å²) in [5, 5.41) is 5.34. The van der Waals surface area contributed by atoms with E-state index in [1.54, 1.807) is 11.8 Å². The highest BCUT2D eigenvalue weighted by atomic mass is 32.2. The van der Waals surface area contributed by atoms with Crippen LogP contribution >= 0.6 is 11.8 Å². The topological polar surface area (TPSA) is 67.4 Å². The minimum atomic E-state index is -0.633. The summed E-state index contributed by atoms with van der Waals surface area (Å²) in [4.78, 5) is 24.1. The number of hydrogen-bond donors (Lipinski definition) is 2. The molecule has 1 saturated heterocycles. The molecule has 0 bridgehead atoms. The van der Waals surface area contributed by atoms with E-state index in [-0.39, 0.29) is 12.0 Å². The van der Waals surface area contributed by atoms with Crippen molar-refractivity contribution in [2.24, 2.45) is 5.92 Å². The number of carbonyl (C=O) groups is 2. The van der Waals surface area contributed by atoms with Crippen molar-refractivity contribution in [3.8, 4) is 0 Å². The number of esters is 1. The van der Waals surface area contributed by atoms with E-state index in [0.29, 0.717) is 12.3 Å². The minimum Gasteiger partial charge on any atom is -0.464 e. The van der Waals surface area contributed by atoms with Crippen LogP contribution in [-0.2, 0) is 9.53 Å². The number of nitrogens with one attached hydrogen (secondary N) is 2. The predicted molar refractivity (Wildman–Crippen MR) is 87.4 cm³/mol. The lowest BCUT2D eigenvalue weighted by molar-refractivity contribution is -0.147. The highest BCUT2D eigenvalue weighted by molar-refractivity contribution is 7.99. The monoisotopic (exact) mass is 320 g/mol. The van der Waals surface area contributed by atoms with Gasteiger partial charge in [0.1, 0.15) is 12.5 Å². The second-order valence-corrected chi connectivity index (χ2v) is 6.25. The van der Waals surface area contributed by atoms with Crippen LogP contribution in [0.5, 0.6) is 0 Å². The summed E-state index contributed by atoms with van der Waals surface area (Å²) in [6.45, 7) is 6.22. The Kier molecular flexibility index (Phi) is 5.89. The summed E-state index contributed by atoms with van der Waals surface area (Å²) in [5.74, 6) is 0.740. The molecule has 1 aliphatic rings. The van der Waals surface area contributed by atoms with E-state index in [2.05, 4.69) is 24.1 Å². The molecule has 6 heteroatoms. The van der Waals surface area contributed by atoms with Gasteiger partial charge in [-0.2, -0.15) is 11.8 Å². The molecule has 1 aromatic carbocycles. The van der Waals surface area contributed by atoms with Gasteiger partial charge in [-0.05, 0) is 11.3 Å². The van der Waals surface area contributed by atoms with E-state index in [1.165, 1.54) is 0 Å². The van der Waals surface area contributed by atoms with Crippen LogP contribution in [0.25, 0.3) is 0 Å². The van der Waals surface area contributed by atoms with Crippen LogP contribution in [0.4, 0.5) is 4.79 Å². The molecule has 118 valence electrons. The summed E-state index contributed by atoms with van der Waals surface area (Å²) in [5.41, 5.74) is 1.22. The molecule has 2 amide bonds. The molecular weight excluding hydrogens is 300 g/mol. The van der Waals surface area contributed by atoms with E-state index in [1.807, 2.05) is 30.3 Å². The van der Waals surface area contributed by atoms with Crippen molar-refractivity contribution in [2.45, 2.75) is 13.0 Å². The van der Waals surface area contributed by atoms with Gasteiger partial charge in [-0.3, -0.25) is 4.79 Å². The fourth-order valence-electron chi connectivity index (χ4n) is 2.34. The van der Waals surface area contributed by atoms with E-state index < -0.39 is 12.0 Å². The van der Waals surface area contributed by atoms with Gasteiger partial charge in [0, 0.05) is 11.4 Å². The van der Waals surface area contributed by atoms with E-state index >= 15 is 0 Å². The number of carbonyl (C=O) groups excluding carboxylic acids is 2. The third kappa shape index (κ3) is 4.04. The third-order valence-corrected chi connectivity index (χ3v) is 4.22. The molecule has 1 aliphatic heterocycles. The molecule has 1 fully saturated rings. The van der Waals surface area contributed by atoms with Crippen LogP contribution in [0.2, 0.25) is 0 Å². The first-order valence-corrected chi connectivity index (χ1v) is 8.34. The highest BCUT2D eigenvalue weighted by Gasteiger charge is 2.38. The van der Waals surface area contributed by atoms with Gasteiger partial charge in [-0.15, -0.1) is 0 Å². The molecule has 0 saturated carbocycles. The number of rotatable bonds is 6. The summed E-state index contributed by atoms with van der Waals surface area (Å²) < 4.78 is 5.33. The number of thioether (sulfide) groups is 1. The maximum atomic E-state index is 12.4. The zero-order valence-electron chi connectivity index (χ0n) is 12.5. The van der Waals surface area contributed by atoms with Crippen LogP contribution in [-0.4, -0.2) is 30.1 Å². The van der Waals surface area contributed by atoms with Crippen molar-refractivity contribution >= 4 is 23.8 Å². The lowest BCUT2D eigenvalue weighted by Crippen LogP contribution is -2.51. The zero-order chi connectivity index (χ0) is 15.9. The van der Waals surface area contributed by atoms with E-state index in [0.717, 1.165) is 17.1 Å². The van der Waals surface area contributed by atoms with Crippen LogP contribution in [0.1, 0.15) is 18.5 Å². The van der Waals surface area contributed by atoms with Crippen LogP contribution in [0.3, 0.4) is 0 Å². The smallest absolute Gasteiger partial charge is 0.319 e. The summed E-state index contributed by atoms with van der Waals surface area (Å²) in [6, 6.07) is 8.54. The first-order valence-electron chi connectivity index (χ1n) is 7.19. The molecule has 2 rings (SSSR count). The fourth-order valence-corrected chi connectivity index (χ4v) is 2.83. The number of urea groups is 1. The van der Waals surface area contributed by atoms with Gasteiger partial charge in [0.2, 0.25) is 0 Å². The normalized spacial score (nSPS) is 21.0. The molecule has 0 radical (unpaired) electrons. The fraction of sp³-hybridized carbons (Fsp3) is 0.375. The van der Waals surface area contributed by atoms with Crippen molar-refractivity contribution in [3.63, 3.8) is 0 Å². The van der Waals surface area contributed by atoms with Gasteiger partial charge in [-0.25, -0.2) is 4.79 Å². The van der Waals surface area contributed by atoms with Gasteiger partial charge in [0.25, 0.3) is 0 Å². The molecule has 1 heterocycles. The lowest BCUT2D eigenvalue weighted by Gasteiger charge is -2.33. The Morgan fingerprint density at radius 1 is 1.36 bits per heavy atom. The van der Waals surface area contributed by atoms with Crippen LogP contribution in [0.15, 0.2) is 42.6 Å². The average molecular weight is 320 g/mol. The Hall–Kier alpha value is -1.95. The predicted octanol–water partition coefficient (Wildman–Crippen LogP) is 2.47. The molecule has 22 heavy (non-hydrogen) atoms. The van der Waals surface area contributed by atoms with Gasteiger partial charge >= 0.3 is 12.0 Å². The first kappa shape index (κ1) is 16.4. The van der Waals surface area contributed by atoms with Gasteiger partial charge in [-0.1, -0.05) is 43.8 Å². The zero-order valence-corrected chi connectivity index (χ0v) is 13.3. The number of benzene rings is 1. The summed E-state index contributed by atoms with van der Waals surface area (Å²) in [6.07, 6.45) is 0. The van der Waals surface area contributed by atoms with Crippen LogP contribution < -0.4 is 10.6 Å². The average Bonchev–Trinajstić information content (AvgIpc) is 2.51. The molecule has 0 spiro atoms. The molecule has 1 aromatic rings. The van der Waals surface area contributed by atoms with Crippen molar-refractivity contribution in [2.75, 3.05) is 18.1 Å². The molecule has 2 N–H and O–H groups in total. The van der Waals surface area contributed by atoms with Gasteiger partial charge in [0.05, 0.1) is 6.04 Å². The molecular formula is C16H20N2O3S. The maximum Gasteiger partial charge on any atom is 0.319 e. The third-order valence-electron chi connectivity index (χ3n) is 3.36. The quantitative estimate of drug-likeness (QED) is 0.624. The number of ether oxygens (including phenoxy) is 1. The van der Waals surface area contributed by atoms with Crippen molar-refractivity contribution < 1.29 is 14.3 Å². The summed E-state index contributed by atoms with van der Waals surface area (Å²) in [7, 11) is 0. The maximum absolute atomic E-state index is 12.4. The second kappa shape index (κ2) is 7.89. The Morgan fingerprint density at radius 3 is 2.77 bits per heavy atom. The molecule has 2 atom stereocenters. The molecule has 0 aromatic heterocycles. The second-order valence-electron chi connectivity index (χ2n) is 4.85. The lowest BCUT2D eigenvalue weighted by atomic mass is 9.89. The Balaban J connectivity index is 2.12. The Bertz CT molecular complexity index is 548. The largest absolute Gasteiger partial charge is 0.464 e. The van der Waals surface area contributed by atoms with Gasteiger partial charge in [0.15, 0.2) is 0 Å². The van der Waals surface area contributed by atoms with Crippen LogP contribution in [0, 0.1) is 5.92 Å².